The van der Waals surface area contributed by atoms with E-state index in [0.29, 0.717) is 37.6 Å². The lowest BCUT2D eigenvalue weighted by Crippen LogP contribution is -2.25. The van der Waals surface area contributed by atoms with E-state index in [0.717, 1.165) is 5.69 Å². The molecule has 2 aromatic heterocycles. The summed E-state index contributed by atoms with van der Waals surface area (Å²) in [6.07, 6.45) is 5.36. The summed E-state index contributed by atoms with van der Waals surface area (Å²) in [7, 11) is 1.65. The summed E-state index contributed by atoms with van der Waals surface area (Å²) in [6.45, 7) is 3.60. The van der Waals surface area contributed by atoms with Crippen molar-refractivity contribution in [2.75, 3.05) is 13.7 Å². The second-order valence-electron chi connectivity index (χ2n) is 4.23. The Labute approximate surface area is 117 Å². The zero-order chi connectivity index (χ0) is 14.4. The fourth-order valence-corrected chi connectivity index (χ4v) is 1.85. The number of aryl methyl sites for hydroxylation is 1. The largest absolute Gasteiger partial charge is 0.448 e. The Morgan fingerprint density at radius 3 is 3.15 bits per heavy atom. The molecule has 0 aliphatic rings. The van der Waals surface area contributed by atoms with Crippen molar-refractivity contribution >= 4 is 5.91 Å². The minimum atomic E-state index is -0.241. The molecule has 7 nitrogen and oxygen atoms in total. The van der Waals surface area contributed by atoms with Crippen molar-refractivity contribution in [3.05, 3.63) is 36.1 Å². The van der Waals surface area contributed by atoms with Gasteiger partial charge in [0.05, 0.1) is 25.2 Å². The van der Waals surface area contributed by atoms with Gasteiger partial charge in [-0.15, -0.1) is 0 Å². The van der Waals surface area contributed by atoms with E-state index < -0.39 is 0 Å². The number of methoxy groups -OCH3 is 1. The van der Waals surface area contributed by atoms with Crippen LogP contribution in [0.2, 0.25) is 0 Å². The van der Waals surface area contributed by atoms with E-state index in [4.69, 9.17) is 9.15 Å². The molecule has 0 aliphatic heterocycles. The molecule has 1 amide bonds. The molecule has 0 atom stereocenters. The molecule has 7 heteroatoms. The molecule has 0 radical (unpaired) electrons. The van der Waals surface area contributed by atoms with Gasteiger partial charge in [0.2, 0.25) is 0 Å². The molecule has 2 aromatic rings. The maximum Gasteiger partial charge on any atom is 0.273 e. The van der Waals surface area contributed by atoms with Crippen LogP contribution < -0.4 is 5.32 Å². The molecule has 0 saturated carbocycles. The van der Waals surface area contributed by atoms with Gasteiger partial charge in [-0.1, -0.05) is 6.92 Å². The fourth-order valence-electron chi connectivity index (χ4n) is 1.85. The zero-order valence-corrected chi connectivity index (χ0v) is 11.6. The number of hydrogen-bond donors (Lipinski definition) is 1. The molecule has 0 unspecified atom stereocenters. The van der Waals surface area contributed by atoms with E-state index >= 15 is 0 Å². The summed E-state index contributed by atoms with van der Waals surface area (Å²) in [5.41, 5.74) is 1.26. The molecule has 0 aliphatic carbocycles. The highest BCUT2D eigenvalue weighted by Crippen LogP contribution is 2.07. The third-order valence-electron chi connectivity index (χ3n) is 2.94. The standard InChI is InChI=1S/C13H18N4O3/c1-3-11-12(16-9-20-11)13(18)15-7-10-6-14-8-17(10)4-5-19-2/h6,8-9H,3-5,7H2,1-2H3,(H,15,18). The number of carbonyl (C=O) groups is 1. The number of rotatable bonds is 7. The van der Waals surface area contributed by atoms with Gasteiger partial charge >= 0.3 is 0 Å². The number of ether oxygens (including phenoxy) is 1. The SMILES string of the molecule is CCc1ocnc1C(=O)NCc1cncn1CCOC. The highest BCUT2D eigenvalue weighted by molar-refractivity contribution is 5.93. The van der Waals surface area contributed by atoms with Crippen molar-refractivity contribution in [1.82, 2.24) is 19.9 Å². The first-order chi connectivity index (χ1) is 9.76. The maximum atomic E-state index is 12.0. The lowest BCUT2D eigenvalue weighted by atomic mass is 10.2. The minimum absolute atomic E-state index is 0.241. The van der Waals surface area contributed by atoms with Gasteiger partial charge in [0.1, 0.15) is 5.76 Å². The molecular formula is C13H18N4O3. The number of aromatic nitrogens is 3. The van der Waals surface area contributed by atoms with Crippen LogP contribution >= 0.6 is 0 Å². The van der Waals surface area contributed by atoms with Crippen LogP contribution in [0.5, 0.6) is 0 Å². The molecule has 1 N–H and O–H groups in total. The van der Waals surface area contributed by atoms with Gasteiger partial charge in [0.15, 0.2) is 12.1 Å². The van der Waals surface area contributed by atoms with E-state index in [1.165, 1.54) is 6.39 Å². The molecule has 0 saturated heterocycles. The van der Waals surface area contributed by atoms with Crippen LogP contribution in [0.25, 0.3) is 0 Å². The average Bonchev–Trinajstić information content (AvgIpc) is 3.10. The molecule has 20 heavy (non-hydrogen) atoms. The Balaban J connectivity index is 1.95. The lowest BCUT2D eigenvalue weighted by molar-refractivity contribution is 0.0943. The van der Waals surface area contributed by atoms with Crippen molar-refractivity contribution in [2.45, 2.75) is 26.4 Å². The van der Waals surface area contributed by atoms with E-state index in [-0.39, 0.29) is 5.91 Å². The molecule has 0 fully saturated rings. The second-order valence-corrected chi connectivity index (χ2v) is 4.23. The van der Waals surface area contributed by atoms with Gasteiger partial charge < -0.3 is 19.0 Å². The van der Waals surface area contributed by atoms with Gasteiger partial charge in [0, 0.05) is 26.3 Å². The summed E-state index contributed by atoms with van der Waals surface area (Å²) >= 11 is 0. The number of nitrogens with one attached hydrogen (secondary N) is 1. The molecule has 0 spiro atoms. The Hall–Kier alpha value is -2.15. The van der Waals surface area contributed by atoms with Crippen molar-refractivity contribution in [2.24, 2.45) is 0 Å². The van der Waals surface area contributed by atoms with Gasteiger partial charge in [-0.2, -0.15) is 0 Å². The molecule has 2 rings (SSSR count). The quantitative estimate of drug-likeness (QED) is 0.817. The van der Waals surface area contributed by atoms with E-state index in [1.54, 1.807) is 19.6 Å². The summed E-state index contributed by atoms with van der Waals surface area (Å²) in [5, 5.41) is 2.82. The number of imidazole rings is 1. The molecule has 108 valence electrons. The molecule has 0 bridgehead atoms. The van der Waals surface area contributed by atoms with Crippen LogP contribution in [0.3, 0.4) is 0 Å². The van der Waals surface area contributed by atoms with Crippen LogP contribution in [-0.2, 0) is 24.2 Å². The van der Waals surface area contributed by atoms with Gasteiger partial charge in [-0.05, 0) is 0 Å². The Bertz CT molecular complexity index is 561. The van der Waals surface area contributed by atoms with E-state index in [1.807, 2.05) is 11.5 Å². The van der Waals surface area contributed by atoms with Crippen molar-refractivity contribution in [3.8, 4) is 0 Å². The van der Waals surface area contributed by atoms with Crippen LogP contribution in [-0.4, -0.2) is 34.2 Å². The number of oxazole rings is 1. The molecule has 2 heterocycles. The predicted octanol–water partition coefficient (Wildman–Crippen LogP) is 1.01. The first kappa shape index (κ1) is 14.3. The molecular weight excluding hydrogens is 260 g/mol. The fraction of sp³-hybridized carbons (Fsp3) is 0.462. The highest BCUT2D eigenvalue weighted by Gasteiger charge is 2.15. The number of amides is 1. The van der Waals surface area contributed by atoms with Gasteiger partial charge in [-0.25, -0.2) is 9.97 Å². The van der Waals surface area contributed by atoms with Crippen LogP contribution in [0.4, 0.5) is 0 Å². The minimum Gasteiger partial charge on any atom is -0.448 e. The number of nitrogens with zero attached hydrogens (tertiary/aromatic N) is 3. The summed E-state index contributed by atoms with van der Waals surface area (Å²) < 4.78 is 12.1. The Morgan fingerprint density at radius 2 is 2.40 bits per heavy atom. The average molecular weight is 278 g/mol. The summed E-state index contributed by atoms with van der Waals surface area (Å²) in [4.78, 5) is 20.0. The van der Waals surface area contributed by atoms with Crippen LogP contribution in [0.15, 0.2) is 23.3 Å². The lowest BCUT2D eigenvalue weighted by Gasteiger charge is -2.08. The molecule has 0 aromatic carbocycles. The summed E-state index contributed by atoms with van der Waals surface area (Å²) in [5.74, 6) is 0.352. The van der Waals surface area contributed by atoms with Gasteiger partial charge in [-0.3, -0.25) is 4.79 Å². The third-order valence-corrected chi connectivity index (χ3v) is 2.94. The monoisotopic (exact) mass is 278 g/mol. The highest BCUT2D eigenvalue weighted by atomic mass is 16.5. The third kappa shape index (κ3) is 3.24. The summed E-state index contributed by atoms with van der Waals surface area (Å²) in [6, 6.07) is 0. The maximum absolute atomic E-state index is 12.0. The second kappa shape index (κ2) is 6.85. The van der Waals surface area contributed by atoms with Crippen LogP contribution in [0, 0.1) is 0 Å². The van der Waals surface area contributed by atoms with Crippen LogP contribution in [0.1, 0.15) is 28.9 Å². The topological polar surface area (TPSA) is 82.2 Å². The first-order valence-electron chi connectivity index (χ1n) is 6.44. The van der Waals surface area contributed by atoms with Crippen molar-refractivity contribution in [3.63, 3.8) is 0 Å². The Kier molecular flexibility index (Phi) is 4.89. The van der Waals surface area contributed by atoms with Crippen molar-refractivity contribution < 1.29 is 13.9 Å². The first-order valence-corrected chi connectivity index (χ1v) is 6.44. The predicted molar refractivity (Wildman–Crippen MR) is 71.2 cm³/mol. The van der Waals surface area contributed by atoms with Gasteiger partial charge in [0.25, 0.3) is 5.91 Å². The number of hydrogen-bond acceptors (Lipinski definition) is 5. The van der Waals surface area contributed by atoms with E-state index in [2.05, 4.69) is 15.3 Å². The van der Waals surface area contributed by atoms with E-state index in [9.17, 15) is 4.79 Å². The number of carbonyl (C=O) groups excluding carboxylic acids is 1. The zero-order valence-electron chi connectivity index (χ0n) is 11.6. The smallest absolute Gasteiger partial charge is 0.273 e. The normalized spacial score (nSPS) is 10.7. The Morgan fingerprint density at radius 1 is 1.55 bits per heavy atom. The van der Waals surface area contributed by atoms with Crippen molar-refractivity contribution in [1.29, 1.82) is 0 Å².